The fraction of sp³-hybridized carbons (Fsp3) is 0.316. The van der Waals surface area contributed by atoms with Crippen LogP contribution in [0.25, 0.3) is 5.65 Å². The van der Waals surface area contributed by atoms with Crippen LogP contribution in [0.2, 0.25) is 0 Å². The highest BCUT2D eigenvalue weighted by atomic mass is 16.5. The maximum atomic E-state index is 11.2. The lowest BCUT2D eigenvalue weighted by atomic mass is 10.2. The minimum absolute atomic E-state index is 0.219. The van der Waals surface area contributed by atoms with Gasteiger partial charge in [0.2, 0.25) is 18.0 Å². The molecule has 1 amide bonds. The lowest BCUT2D eigenvalue weighted by molar-refractivity contribution is -0.107. The van der Waals surface area contributed by atoms with E-state index in [4.69, 9.17) is 18.9 Å². The average molecular weight is 386 g/mol. The van der Waals surface area contributed by atoms with Crippen molar-refractivity contribution in [2.45, 2.75) is 13.5 Å². The fourth-order valence-corrected chi connectivity index (χ4v) is 2.73. The third-order valence-corrected chi connectivity index (χ3v) is 4.05. The van der Waals surface area contributed by atoms with Gasteiger partial charge in [0.15, 0.2) is 17.1 Å². The smallest absolute Gasteiger partial charge is 0.234 e. The number of nitrogens with zero attached hydrogens (tertiary/aromatic N) is 4. The lowest BCUT2D eigenvalue weighted by Crippen LogP contribution is -2.16. The second-order valence-electron chi connectivity index (χ2n) is 5.83. The van der Waals surface area contributed by atoms with Crippen LogP contribution in [0.15, 0.2) is 30.6 Å². The van der Waals surface area contributed by atoms with Crippen molar-refractivity contribution in [3.05, 3.63) is 36.2 Å². The third kappa shape index (κ3) is 3.78. The Kier molecular flexibility index (Phi) is 5.83. The Labute approximate surface area is 162 Å². The monoisotopic (exact) mass is 386 g/mol. The summed E-state index contributed by atoms with van der Waals surface area (Å²) in [5, 5.41) is 4.36. The zero-order valence-corrected chi connectivity index (χ0v) is 16.2. The van der Waals surface area contributed by atoms with Gasteiger partial charge in [0.1, 0.15) is 6.61 Å². The number of carbonyl (C=O) groups is 1. The summed E-state index contributed by atoms with van der Waals surface area (Å²) < 4.78 is 23.8. The molecule has 0 aliphatic carbocycles. The Morgan fingerprint density at radius 1 is 1.14 bits per heavy atom. The van der Waals surface area contributed by atoms with Crippen LogP contribution in [0.4, 0.5) is 5.69 Å². The number of benzene rings is 1. The first-order valence-corrected chi connectivity index (χ1v) is 8.64. The molecule has 2 heterocycles. The van der Waals surface area contributed by atoms with Gasteiger partial charge in [-0.05, 0) is 24.6 Å². The quantitative estimate of drug-likeness (QED) is 0.522. The Morgan fingerprint density at radius 3 is 2.46 bits per heavy atom. The molecule has 0 bridgehead atoms. The van der Waals surface area contributed by atoms with E-state index in [-0.39, 0.29) is 6.61 Å². The van der Waals surface area contributed by atoms with E-state index in [0.29, 0.717) is 47.5 Å². The van der Waals surface area contributed by atoms with Gasteiger partial charge in [0, 0.05) is 25.5 Å². The van der Waals surface area contributed by atoms with E-state index in [1.807, 2.05) is 19.1 Å². The molecule has 0 saturated carbocycles. The Hall–Kier alpha value is -3.49. The molecule has 1 aromatic carbocycles. The number of amides is 1. The van der Waals surface area contributed by atoms with Gasteiger partial charge in [-0.15, -0.1) is 5.10 Å². The van der Waals surface area contributed by atoms with Crippen molar-refractivity contribution in [2.75, 3.05) is 32.8 Å². The molecule has 28 heavy (non-hydrogen) atoms. The zero-order chi connectivity index (χ0) is 20.1. The summed E-state index contributed by atoms with van der Waals surface area (Å²) in [6, 6.07) is 5.31. The fourth-order valence-electron chi connectivity index (χ4n) is 2.73. The Balaban J connectivity index is 1.88. The van der Waals surface area contributed by atoms with E-state index < -0.39 is 0 Å². The summed E-state index contributed by atoms with van der Waals surface area (Å²) in [5.74, 6) is 2.00. The van der Waals surface area contributed by atoms with Gasteiger partial charge in [0.05, 0.1) is 26.5 Å². The van der Waals surface area contributed by atoms with E-state index in [1.165, 1.54) is 4.90 Å². The second kappa shape index (κ2) is 8.47. The Morgan fingerprint density at radius 2 is 1.86 bits per heavy atom. The predicted molar refractivity (Wildman–Crippen MR) is 103 cm³/mol. The van der Waals surface area contributed by atoms with Crippen LogP contribution in [0.5, 0.6) is 23.1 Å². The summed E-state index contributed by atoms with van der Waals surface area (Å²) in [7, 11) is 4.78. The molecule has 0 spiro atoms. The van der Waals surface area contributed by atoms with Crippen molar-refractivity contribution in [3.63, 3.8) is 0 Å². The van der Waals surface area contributed by atoms with Crippen molar-refractivity contribution in [1.29, 1.82) is 0 Å². The van der Waals surface area contributed by atoms with Gasteiger partial charge < -0.3 is 23.8 Å². The second-order valence-corrected chi connectivity index (χ2v) is 5.83. The number of hydrogen-bond donors (Lipinski definition) is 0. The number of anilines is 1. The van der Waals surface area contributed by atoms with Crippen molar-refractivity contribution >= 4 is 17.7 Å². The summed E-state index contributed by atoms with van der Waals surface area (Å²) in [4.78, 5) is 16.8. The molecule has 3 rings (SSSR count). The molecule has 0 radical (unpaired) electrons. The molecular formula is C19H22N4O5. The highest BCUT2D eigenvalue weighted by Gasteiger charge is 2.15. The van der Waals surface area contributed by atoms with Crippen LogP contribution >= 0.6 is 0 Å². The van der Waals surface area contributed by atoms with Gasteiger partial charge in [-0.1, -0.05) is 0 Å². The van der Waals surface area contributed by atoms with E-state index in [9.17, 15) is 4.79 Å². The number of fused-ring (bicyclic) bond motifs is 1. The van der Waals surface area contributed by atoms with E-state index >= 15 is 0 Å². The van der Waals surface area contributed by atoms with Crippen molar-refractivity contribution in [2.24, 2.45) is 0 Å². The molecule has 2 aromatic heterocycles. The molecule has 148 valence electrons. The molecule has 0 unspecified atom stereocenters. The first-order chi connectivity index (χ1) is 13.6. The summed E-state index contributed by atoms with van der Waals surface area (Å²) >= 11 is 0. The van der Waals surface area contributed by atoms with Gasteiger partial charge in [0.25, 0.3) is 0 Å². The van der Waals surface area contributed by atoms with Gasteiger partial charge >= 0.3 is 0 Å². The number of hydrogen-bond acceptors (Lipinski definition) is 7. The number of aromatic nitrogens is 3. The topological polar surface area (TPSA) is 87.4 Å². The largest absolute Gasteiger partial charge is 0.493 e. The maximum absolute atomic E-state index is 11.2. The van der Waals surface area contributed by atoms with Gasteiger partial charge in [-0.3, -0.25) is 4.79 Å². The molecule has 0 aliphatic rings. The summed E-state index contributed by atoms with van der Waals surface area (Å²) in [6.45, 7) is 2.60. The number of carbonyl (C=O) groups excluding carboxylic acids is 1. The molecule has 3 aromatic rings. The van der Waals surface area contributed by atoms with Crippen LogP contribution in [0.3, 0.4) is 0 Å². The maximum Gasteiger partial charge on any atom is 0.234 e. The third-order valence-electron chi connectivity index (χ3n) is 4.05. The van der Waals surface area contributed by atoms with Crippen molar-refractivity contribution < 1.29 is 23.7 Å². The molecule has 0 fully saturated rings. The highest BCUT2D eigenvalue weighted by Crippen LogP contribution is 2.38. The van der Waals surface area contributed by atoms with Crippen LogP contribution in [-0.4, -0.2) is 48.9 Å². The molecule has 0 N–H and O–H groups in total. The zero-order valence-electron chi connectivity index (χ0n) is 16.2. The van der Waals surface area contributed by atoms with Crippen LogP contribution in [-0.2, 0) is 11.4 Å². The SMILES string of the molecule is CCOc1c(OC)cc(COc2cc(N(C)C=O)c3nccn3n2)cc1OC. The molecule has 9 nitrogen and oxygen atoms in total. The number of imidazole rings is 1. The van der Waals surface area contributed by atoms with E-state index in [0.717, 1.165) is 5.56 Å². The molecule has 0 saturated heterocycles. The van der Waals surface area contributed by atoms with Gasteiger partial charge in [-0.25, -0.2) is 9.50 Å². The standard InChI is InChI=1S/C19H22N4O5/c1-5-27-18-15(25-3)8-13(9-16(18)26-4)11-28-17-10-14(22(2)12-24)19-20-6-7-23(19)21-17/h6-10,12H,5,11H2,1-4H3. The van der Waals surface area contributed by atoms with E-state index in [2.05, 4.69) is 10.1 Å². The van der Waals surface area contributed by atoms with Crippen molar-refractivity contribution in [3.8, 4) is 23.1 Å². The molecular weight excluding hydrogens is 364 g/mol. The summed E-state index contributed by atoms with van der Waals surface area (Å²) in [5.41, 5.74) is 1.97. The van der Waals surface area contributed by atoms with Crippen LogP contribution < -0.4 is 23.8 Å². The average Bonchev–Trinajstić information content (AvgIpc) is 3.20. The first-order valence-electron chi connectivity index (χ1n) is 8.64. The van der Waals surface area contributed by atoms with Gasteiger partial charge in [-0.2, -0.15) is 0 Å². The van der Waals surface area contributed by atoms with Crippen molar-refractivity contribution in [1.82, 2.24) is 14.6 Å². The summed E-state index contributed by atoms with van der Waals surface area (Å²) in [6.07, 6.45) is 4.00. The highest BCUT2D eigenvalue weighted by molar-refractivity contribution is 5.83. The molecule has 9 heteroatoms. The predicted octanol–water partition coefficient (Wildman–Crippen LogP) is 2.32. The van der Waals surface area contributed by atoms with Crippen LogP contribution in [0.1, 0.15) is 12.5 Å². The number of ether oxygens (including phenoxy) is 4. The number of methoxy groups -OCH3 is 2. The number of rotatable bonds is 9. The lowest BCUT2D eigenvalue weighted by Gasteiger charge is -2.16. The minimum atomic E-state index is 0.219. The Bertz CT molecular complexity index is 947. The molecule has 0 aliphatic heterocycles. The first kappa shape index (κ1) is 19.3. The molecule has 0 atom stereocenters. The van der Waals surface area contributed by atoms with E-state index in [1.54, 1.807) is 44.2 Å². The normalized spacial score (nSPS) is 10.6. The van der Waals surface area contributed by atoms with Crippen LogP contribution in [0, 0.1) is 0 Å². The minimum Gasteiger partial charge on any atom is -0.493 e.